The first-order valence-electron chi connectivity index (χ1n) is 10.9. The molecule has 5 aromatic rings. The molecule has 0 bridgehead atoms. The van der Waals surface area contributed by atoms with Gasteiger partial charge < -0.3 is 19.2 Å². The lowest BCUT2D eigenvalue weighted by Crippen LogP contribution is -2.07. The van der Waals surface area contributed by atoms with Crippen LogP contribution in [-0.2, 0) is 0 Å². The molecule has 9 nitrogen and oxygen atoms in total. The van der Waals surface area contributed by atoms with Crippen molar-refractivity contribution in [2.45, 2.75) is 19.8 Å². The minimum absolute atomic E-state index is 0.119. The molecule has 2 N–H and O–H groups in total. The maximum Gasteiger partial charge on any atom is 0.274 e. The van der Waals surface area contributed by atoms with Crippen molar-refractivity contribution in [1.29, 1.82) is 0 Å². The monoisotopic (exact) mass is 458 g/mol. The second-order valence-corrected chi connectivity index (χ2v) is 8.33. The van der Waals surface area contributed by atoms with Crippen LogP contribution < -0.4 is 10.3 Å². The van der Waals surface area contributed by atoms with Gasteiger partial charge in [-0.05, 0) is 49.9 Å². The molecule has 0 aliphatic heterocycles. The number of pyridine rings is 1. The first-order chi connectivity index (χ1) is 16.6. The Morgan fingerprint density at radius 3 is 2.88 bits per heavy atom. The van der Waals surface area contributed by atoms with Gasteiger partial charge in [-0.3, -0.25) is 9.78 Å². The summed E-state index contributed by atoms with van der Waals surface area (Å²) in [7, 11) is 0. The second-order valence-electron chi connectivity index (χ2n) is 8.33. The van der Waals surface area contributed by atoms with Crippen molar-refractivity contribution in [3.05, 3.63) is 64.7 Å². The average Bonchev–Trinajstić information content (AvgIpc) is 3.42. The number of ether oxygens (including phenoxy) is 1. The number of benzene rings is 1. The maximum absolute atomic E-state index is 14.3. The maximum atomic E-state index is 14.3. The van der Waals surface area contributed by atoms with Crippen molar-refractivity contribution in [3.8, 4) is 40.1 Å². The van der Waals surface area contributed by atoms with Gasteiger partial charge in [0.05, 0.1) is 23.9 Å². The molecule has 0 unspecified atom stereocenters. The van der Waals surface area contributed by atoms with E-state index < -0.39 is 5.82 Å². The lowest BCUT2D eigenvalue weighted by atomic mass is 10.1. The predicted octanol–water partition coefficient (Wildman–Crippen LogP) is 4.27. The summed E-state index contributed by atoms with van der Waals surface area (Å²) in [5.74, 6) is 1.06. The lowest BCUT2D eigenvalue weighted by molar-refractivity contribution is 0.300. The van der Waals surface area contributed by atoms with Crippen LogP contribution in [0.5, 0.6) is 5.75 Å². The number of nitrogens with zero attached hydrogens (tertiary/aromatic N) is 4. The third kappa shape index (κ3) is 3.62. The number of aryl methyl sites for hydroxylation is 1. The molecule has 1 saturated carbocycles. The molecule has 1 aromatic carbocycles. The number of halogens is 1. The van der Waals surface area contributed by atoms with E-state index in [-0.39, 0.29) is 17.3 Å². The molecule has 34 heavy (non-hydrogen) atoms. The van der Waals surface area contributed by atoms with E-state index in [1.54, 1.807) is 25.3 Å². The predicted molar refractivity (Wildman–Crippen MR) is 122 cm³/mol. The Hall–Kier alpha value is -4.34. The highest BCUT2D eigenvalue weighted by Gasteiger charge is 2.24. The minimum Gasteiger partial charge on any atom is -0.493 e. The first kappa shape index (κ1) is 20.3. The summed E-state index contributed by atoms with van der Waals surface area (Å²) in [6.07, 6.45) is 6.86. The Labute approximate surface area is 192 Å². The first-order valence-corrected chi connectivity index (χ1v) is 10.9. The van der Waals surface area contributed by atoms with E-state index in [2.05, 4.69) is 30.1 Å². The van der Waals surface area contributed by atoms with Crippen molar-refractivity contribution >= 4 is 10.8 Å². The van der Waals surface area contributed by atoms with Gasteiger partial charge in [0.1, 0.15) is 23.0 Å². The van der Waals surface area contributed by atoms with E-state index >= 15 is 0 Å². The molecule has 0 atom stereocenters. The number of fused-ring (bicyclic) bond motifs is 1. The number of aromatic amines is 2. The van der Waals surface area contributed by atoms with E-state index in [0.29, 0.717) is 57.4 Å². The molecule has 10 heteroatoms. The molecule has 4 aromatic heterocycles. The fourth-order valence-electron chi connectivity index (χ4n) is 3.94. The van der Waals surface area contributed by atoms with Gasteiger partial charge in [-0.15, -0.1) is 0 Å². The number of hydrogen-bond acceptors (Lipinski definition) is 7. The second kappa shape index (κ2) is 7.91. The van der Waals surface area contributed by atoms with Gasteiger partial charge in [0.15, 0.2) is 0 Å². The van der Waals surface area contributed by atoms with Crippen molar-refractivity contribution in [2.24, 2.45) is 5.92 Å². The fourth-order valence-corrected chi connectivity index (χ4v) is 3.94. The van der Waals surface area contributed by atoms with Gasteiger partial charge in [0.2, 0.25) is 5.82 Å². The molecule has 1 fully saturated rings. The smallest absolute Gasteiger partial charge is 0.274 e. The zero-order valence-electron chi connectivity index (χ0n) is 18.1. The summed E-state index contributed by atoms with van der Waals surface area (Å²) in [6, 6.07) is 6.13. The molecule has 1 aliphatic rings. The van der Waals surface area contributed by atoms with E-state index in [1.807, 2.05) is 0 Å². The molecule has 170 valence electrons. The van der Waals surface area contributed by atoms with Gasteiger partial charge in [-0.1, -0.05) is 5.16 Å². The van der Waals surface area contributed by atoms with Crippen molar-refractivity contribution < 1.29 is 13.7 Å². The third-order valence-electron chi connectivity index (χ3n) is 5.82. The van der Waals surface area contributed by atoms with Crippen molar-refractivity contribution in [2.75, 3.05) is 6.61 Å². The van der Waals surface area contributed by atoms with Crippen LogP contribution in [0.25, 0.3) is 45.1 Å². The van der Waals surface area contributed by atoms with Crippen LogP contribution in [0.4, 0.5) is 4.39 Å². The summed E-state index contributed by atoms with van der Waals surface area (Å²) in [5.41, 5.74) is 2.22. The van der Waals surface area contributed by atoms with Gasteiger partial charge in [0, 0.05) is 29.0 Å². The van der Waals surface area contributed by atoms with Gasteiger partial charge in [-0.25, -0.2) is 9.37 Å². The van der Waals surface area contributed by atoms with Crippen LogP contribution in [0, 0.1) is 18.7 Å². The Bertz CT molecular complexity index is 1570. The van der Waals surface area contributed by atoms with Gasteiger partial charge in [-0.2, -0.15) is 4.98 Å². The molecule has 0 spiro atoms. The Balaban J connectivity index is 1.47. The van der Waals surface area contributed by atoms with E-state index in [4.69, 9.17) is 9.26 Å². The zero-order chi connectivity index (χ0) is 23.2. The molecule has 0 saturated heterocycles. The molecule has 0 radical (unpaired) electrons. The van der Waals surface area contributed by atoms with E-state index in [1.165, 1.54) is 24.5 Å². The minimum atomic E-state index is -0.398. The quantitative estimate of drug-likeness (QED) is 0.390. The van der Waals surface area contributed by atoms with Crippen LogP contribution in [-0.4, -0.2) is 36.7 Å². The molecular weight excluding hydrogens is 439 g/mol. The Morgan fingerprint density at radius 2 is 2.09 bits per heavy atom. The summed E-state index contributed by atoms with van der Waals surface area (Å²) >= 11 is 0. The number of aromatic nitrogens is 6. The standard InChI is InChI=1S/C24H19FN6O3/c1-12-20-16(21(28-12)15-8-14(25)4-5-19(15)33-11-13-2-3-13)9-17(29-23(20)32)24-30-22(31-34-24)18-10-26-6-7-27-18/h4-10,13,28H,2-3,11H2,1H3,(H,29,32). The fraction of sp³-hybridized carbons (Fsp3) is 0.208. The average molecular weight is 458 g/mol. The van der Waals surface area contributed by atoms with Crippen molar-refractivity contribution in [1.82, 2.24) is 30.1 Å². The molecule has 6 rings (SSSR count). The Morgan fingerprint density at radius 1 is 1.21 bits per heavy atom. The SMILES string of the molecule is Cc1[nH]c(-c2cc(F)ccc2OCC2CC2)c2cc(-c3nc(-c4cnccn4)no3)[nH]c(=O)c12. The topological polar surface area (TPSA) is 123 Å². The number of hydrogen-bond donors (Lipinski definition) is 2. The lowest BCUT2D eigenvalue weighted by Gasteiger charge is -2.11. The highest BCUT2D eigenvalue weighted by atomic mass is 19.1. The van der Waals surface area contributed by atoms with Crippen LogP contribution in [0.15, 0.2) is 52.2 Å². The summed E-state index contributed by atoms with van der Waals surface area (Å²) < 4.78 is 25.6. The Kier molecular flexibility index (Phi) is 4.72. The number of rotatable bonds is 6. The highest BCUT2D eigenvalue weighted by molar-refractivity contribution is 5.99. The molecule has 1 aliphatic carbocycles. The van der Waals surface area contributed by atoms with Crippen molar-refractivity contribution in [3.63, 3.8) is 0 Å². The molecular formula is C24H19FN6O3. The summed E-state index contributed by atoms with van der Waals surface area (Å²) in [5, 5.41) is 5.00. The van der Waals surface area contributed by atoms with Crippen LogP contribution in [0.1, 0.15) is 18.5 Å². The summed E-state index contributed by atoms with van der Waals surface area (Å²) in [6.45, 7) is 2.37. The number of nitrogens with one attached hydrogen (secondary N) is 2. The van der Waals surface area contributed by atoms with Gasteiger partial charge >= 0.3 is 0 Å². The summed E-state index contributed by atoms with van der Waals surface area (Å²) in [4.78, 5) is 31.5. The normalized spacial score (nSPS) is 13.5. The third-order valence-corrected chi connectivity index (χ3v) is 5.82. The zero-order valence-corrected chi connectivity index (χ0v) is 18.1. The van der Waals surface area contributed by atoms with E-state index in [9.17, 15) is 9.18 Å². The number of H-pyrrole nitrogens is 2. The van der Waals surface area contributed by atoms with Crippen LogP contribution in [0.2, 0.25) is 0 Å². The molecule has 4 heterocycles. The largest absolute Gasteiger partial charge is 0.493 e. The van der Waals surface area contributed by atoms with Gasteiger partial charge in [0.25, 0.3) is 11.4 Å². The van der Waals surface area contributed by atoms with Crippen LogP contribution >= 0.6 is 0 Å². The van der Waals surface area contributed by atoms with Crippen LogP contribution in [0.3, 0.4) is 0 Å². The van der Waals surface area contributed by atoms with E-state index in [0.717, 1.165) is 12.8 Å². The highest BCUT2D eigenvalue weighted by Crippen LogP contribution is 2.38. The molecule has 0 amide bonds.